The van der Waals surface area contributed by atoms with E-state index in [9.17, 15) is 0 Å². The molecule has 0 radical (unpaired) electrons. The zero-order valence-corrected chi connectivity index (χ0v) is 8.08. The van der Waals surface area contributed by atoms with Crippen molar-refractivity contribution in [1.29, 1.82) is 0 Å². The first kappa shape index (κ1) is 12.0. The van der Waals surface area contributed by atoms with E-state index >= 15 is 0 Å². The molecule has 13 heavy (non-hydrogen) atoms. The maximum absolute atomic E-state index is 5.29. The van der Waals surface area contributed by atoms with Crippen LogP contribution in [-0.4, -0.2) is 26.3 Å². The van der Waals surface area contributed by atoms with Crippen LogP contribution in [0.2, 0.25) is 0 Å². The highest BCUT2D eigenvalue weighted by atomic mass is 16.5. The molecule has 0 atom stereocenters. The minimum absolute atomic E-state index is 0.447. The second-order valence-corrected chi connectivity index (χ2v) is 2.35. The number of ether oxygens (including phenoxy) is 2. The lowest BCUT2D eigenvalue weighted by atomic mass is 10.4. The molecule has 0 aromatic rings. The second-order valence-electron chi connectivity index (χ2n) is 2.35. The Morgan fingerprint density at radius 1 is 1.23 bits per heavy atom. The van der Waals surface area contributed by atoms with Crippen molar-refractivity contribution in [3.8, 4) is 0 Å². The minimum atomic E-state index is 0.447. The summed E-state index contributed by atoms with van der Waals surface area (Å²) in [6.45, 7) is 7.40. The van der Waals surface area contributed by atoms with Crippen LogP contribution < -0.4 is 11.5 Å². The van der Waals surface area contributed by atoms with Gasteiger partial charge in [0.2, 0.25) is 0 Å². The molecule has 0 saturated heterocycles. The van der Waals surface area contributed by atoms with Crippen LogP contribution in [0.25, 0.3) is 0 Å². The van der Waals surface area contributed by atoms with Crippen LogP contribution in [0.4, 0.5) is 0 Å². The van der Waals surface area contributed by atoms with Crippen molar-refractivity contribution in [2.45, 2.75) is 6.92 Å². The lowest BCUT2D eigenvalue weighted by molar-refractivity contribution is 0.159. The van der Waals surface area contributed by atoms with E-state index in [1.54, 1.807) is 6.08 Å². The van der Waals surface area contributed by atoms with Crippen molar-refractivity contribution in [3.05, 3.63) is 24.2 Å². The van der Waals surface area contributed by atoms with E-state index in [4.69, 9.17) is 20.9 Å². The SMILES string of the molecule is C=C(OCCN)/C(=C\C)OCCN. The van der Waals surface area contributed by atoms with Gasteiger partial charge in [-0.15, -0.1) is 0 Å². The van der Waals surface area contributed by atoms with Gasteiger partial charge in [0.1, 0.15) is 13.2 Å². The molecular weight excluding hydrogens is 168 g/mol. The number of rotatable bonds is 7. The van der Waals surface area contributed by atoms with E-state index in [2.05, 4.69) is 6.58 Å². The average Bonchev–Trinajstić information content (AvgIpc) is 2.16. The largest absolute Gasteiger partial charge is 0.489 e. The summed E-state index contributed by atoms with van der Waals surface area (Å²) in [6, 6.07) is 0. The highest BCUT2D eigenvalue weighted by molar-refractivity contribution is 5.15. The summed E-state index contributed by atoms with van der Waals surface area (Å²) in [5.74, 6) is 1.13. The summed E-state index contributed by atoms with van der Waals surface area (Å²) < 4.78 is 10.5. The maximum atomic E-state index is 5.29. The van der Waals surface area contributed by atoms with Gasteiger partial charge in [0.15, 0.2) is 11.5 Å². The molecule has 0 heterocycles. The molecule has 0 aliphatic carbocycles. The smallest absolute Gasteiger partial charge is 0.156 e. The van der Waals surface area contributed by atoms with Crippen LogP contribution >= 0.6 is 0 Å². The van der Waals surface area contributed by atoms with Crippen molar-refractivity contribution < 1.29 is 9.47 Å². The second kappa shape index (κ2) is 7.64. The van der Waals surface area contributed by atoms with Gasteiger partial charge in [0.25, 0.3) is 0 Å². The third kappa shape index (κ3) is 5.27. The molecule has 0 rings (SSSR count). The molecule has 0 aromatic carbocycles. The zero-order valence-electron chi connectivity index (χ0n) is 8.08. The predicted octanol–water partition coefficient (Wildman–Crippen LogP) is 0.355. The van der Waals surface area contributed by atoms with Gasteiger partial charge in [-0.2, -0.15) is 0 Å². The Morgan fingerprint density at radius 3 is 2.23 bits per heavy atom. The van der Waals surface area contributed by atoms with E-state index in [1.807, 2.05) is 6.92 Å². The van der Waals surface area contributed by atoms with E-state index in [0.29, 0.717) is 37.8 Å². The van der Waals surface area contributed by atoms with Crippen molar-refractivity contribution in [2.24, 2.45) is 11.5 Å². The Morgan fingerprint density at radius 2 is 1.77 bits per heavy atom. The van der Waals surface area contributed by atoms with E-state index in [-0.39, 0.29) is 0 Å². The lowest BCUT2D eigenvalue weighted by Crippen LogP contribution is -2.12. The first-order valence-electron chi connectivity index (χ1n) is 4.27. The van der Waals surface area contributed by atoms with Crippen LogP contribution in [0.1, 0.15) is 6.92 Å². The lowest BCUT2D eigenvalue weighted by Gasteiger charge is -2.12. The summed E-state index contributed by atoms with van der Waals surface area (Å²) in [4.78, 5) is 0. The van der Waals surface area contributed by atoms with Gasteiger partial charge in [-0.05, 0) is 13.0 Å². The van der Waals surface area contributed by atoms with Crippen LogP contribution in [0.15, 0.2) is 24.2 Å². The molecule has 0 saturated carbocycles. The van der Waals surface area contributed by atoms with Crippen molar-refractivity contribution in [3.63, 3.8) is 0 Å². The monoisotopic (exact) mass is 186 g/mol. The fourth-order valence-electron chi connectivity index (χ4n) is 0.747. The quantitative estimate of drug-likeness (QED) is 0.444. The summed E-state index contributed by atoms with van der Waals surface area (Å²) >= 11 is 0. The summed E-state index contributed by atoms with van der Waals surface area (Å²) in [7, 11) is 0. The van der Waals surface area contributed by atoms with E-state index in [1.165, 1.54) is 0 Å². The van der Waals surface area contributed by atoms with Crippen molar-refractivity contribution >= 4 is 0 Å². The number of hydrogen-bond donors (Lipinski definition) is 2. The van der Waals surface area contributed by atoms with Gasteiger partial charge in [-0.25, -0.2) is 0 Å². The first-order chi connectivity index (χ1) is 6.26. The molecule has 0 bridgehead atoms. The molecule has 0 fully saturated rings. The van der Waals surface area contributed by atoms with Gasteiger partial charge in [-0.1, -0.05) is 6.58 Å². The summed E-state index contributed by atoms with van der Waals surface area (Å²) in [5.41, 5.74) is 10.6. The summed E-state index contributed by atoms with van der Waals surface area (Å²) in [6.07, 6.45) is 1.79. The van der Waals surface area contributed by atoms with Crippen LogP contribution in [-0.2, 0) is 9.47 Å². The van der Waals surface area contributed by atoms with Crippen LogP contribution in [0, 0.1) is 0 Å². The van der Waals surface area contributed by atoms with Gasteiger partial charge < -0.3 is 20.9 Å². The minimum Gasteiger partial charge on any atom is -0.489 e. The first-order valence-corrected chi connectivity index (χ1v) is 4.27. The molecule has 4 nitrogen and oxygen atoms in total. The molecule has 76 valence electrons. The molecule has 0 unspecified atom stereocenters. The maximum Gasteiger partial charge on any atom is 0.156 e. The van der Waals surface area contributed by atoms with Gasteiger partial charge >= 0.3 is 0 Å². The van der Waals surface area contributed by atoms with E-state index in [0.717, 1.165) is 0 Å². The zero-order chi connectivity index (χ0) is 10.1. The molecule has 0 aliphatic rings. The fourth-order valence-corrected chi connectivity index (χ4v) is 0.747. The third-order valence-corrected chi connectivity index (χ3v) is 1.31. The summed E-state index contributed by atoms with van der Waals surface area (Å²) in [5, 5.41) is 0. The number of allylic oxidation sites excluding steroid dienone is 1. The van der Waals surface area contributed by atoms with Crippen LogP contribution in [0.3, 0.4) is 0 Å². The predicted molar refractivity (Wildman–Crippen MR) is 52.9 cm³/mol. The number of hydrogen-bond acceptors (Lipinski definition) is 4. The number of nitrogens with two attached hydrogens (primary N) is 2. The molecule has 4 heteroatoms. The molecule has 0 spiro atoms. The Labute approximate surface area is 79.2 Å². The molecule has 0 amide bonds. The molecule has 0 aromatic heterocycles. The molecule has 4 N–H and O–H groups in total. The average molecular weight is 186 g/mol. The van der Waals surface area contributed by atoms with Gasteiger partial charge in [0, 0.05) is 13.1 Å². The van der Waals surface area contributed by atoms with Gasteiger partial charge in [-0.3, -0.25) is 0 Å². The topological polar surface area (TPSA) is 70.5 Å². The fraction of sp³-hybridized carbons (Fsp3) is 0.556. The standard InChI is InChI=1S/C9H18N2O2/c1-3-9(13-7-5-11)8(2)12-6-4-10/h3H,2,4-7,10-11H2,1H3/b9-3+. The highest BCUT2D eigenvalue weighted by Crippen LogP contribution is 2.09. The normalized spacial score (nSPS) is 11.2. The third-order valence-electron chi connectivity index (χ3n) is 1.31. The molecule has 0 aliphatic heterocycles. The van der Waals surface area contributed by atoms with Gasteiger partial charge in [0.05, 0.1) is 0 Å². The Kier molecular flexibility index (Phi) is 7.05. The van der Waals surface area contributed by atoms with Crippen LogP contribution in [0.5, 0.6) is 0 Å². The van der Waals surface area contributed by atoms with E-state index < -0.39 is 0 Å². The van der Waals surface area contributed by atoms with Crippen molar-refractivity contribution in [1.82, 2.24) is 0 Å². The Balaban J connectivity index is 3.87. The van der Waals surface area contributed by atoms with Crippen molar-refractivity contribution in [2.75, 3.05) is 26.3 Å². The molecular formula is C9H18N2O2. The Bertz CT molecular complexity index is 178. The highest BCUT2D eigenvalue weighted by Gasteiger charge is 2.02. The Hall–Kier alpha value is -1.00.